The number of nitrogens with one attached hydrogen (secondary N) is 1. The van der Waals surface area contributed by atoms with Crippen molar-refractivity contribution in [2.75, 3.05) is 41.0 Å². The van der Waals surface area contributed by atoms with E-state index in [4.69, 9.17) is 14.2 Å². The Bertz CT molecular complexity index is 607. The van der Waals surface area contributed by atoms with Crippen molar-refractivity contribution < 1.29 is 22.6 Å². The Labute approximate surface area is 131 Å². The fourth-order valence-electron chi connectivity index (χ4n) is 2.47. The molecule has 1 N–H and O–H groups in total. The van der Waals surface area contributed by atoms with Gasteiger partial charge in [0.2, 0.25) is 0 Å². The fourth-order valence-corrected chi connectivity index (χ4v) is 4.27. The third-order valence-corrected chi connectivity index (χ3v) is 5.53. The summed E-state index contributed by atoms with van der Waals surface area (Å²) in [5.74, 6) is 0.895. The predicted octanol–water partition coefficient (Wildman–Crippen LogP) is 0.695. The van der Waals surface area contributed by atoms with E-state index < -0.39 is 10.0 Å². The van der Waals surface area contributed by atoms with Gasteiger partial charge in [-0.2, -0.15) is 4.31 Å². The molecule has 0 bridgehead atoms. The average molecular weight is 330 g/mol. The fraction of sp³-hybridized carbons (Fsp3) is 0.571. The molecule has 1 aromatic carbocycles. The highest BCUT2D eigenvalue weighted by molar-refractivity contribution is 7.89. The minimum absolute atomic E-state index is 0.0346. The van der Waals surface area contributed by atoms with E-state index >= 15 is 0 Å². The normalized spacial score (nSPS) is 19.7. The second-order valence-corrected chi connectivity index (χ2v) is 6.95. The zero-order valence-corrected chi connectivity index (χ0v) is 14.1. The van der Waals surface area contributed by atoms with E-state index in [2.05, 4.69) is 5.32 Å². The molecule has 0 aliphatic carbocycles. The van der Waals surface area contributed by atoms with Crippen LogP contribution in [-0.4, -0.2) is 59.7 Å². The maximum atomic E-state index is 13.0. The first-order valence-corrected chi connectivity index (χ1v) is 8.41. The number of sulfonamides is 1. The molecule has 1 atom stereocenters. The molecule has 1 saturated heterocycles. The number of rotatable bonds is 5. The van der Waals surface area contributed by atoms with Crippen molar-refractivity contribution in [3.05, 3.63) is 12.1 Å². The second-order valence-electron chi connectivity index (χ2n) is 5.08. The smallest absolute Gasteiger partial charge is 0.250 e. The van der Waals surface area contributed by atoms with Crippen molar-refractivity contribution in [3.8, 4) is 17.2 Å². The highest BCUT2D eigenvalue weighted by Crippen LogP contribution is 2.39. The number of piperazine rings is 1. The third kappa shape index (κ3) is 3.13. The average Bonchev–Trinajstić information content (AvgIpc) is 2.53. The van der Waals surface area contributed by atoms with Gasteiger partial charge in [-0.1, -0.05) is 0 Å². The van der Waals surface area contributed by atoms with Crippen molar-refractivity contribution in [1.29, 1.82) is 0 Å². The Kier molecular flexibility index (Phi) is 5.15. The summed E-state index contributed by atoms with van der Waals surface area (Å²) in [4.78, 5) is 0.0346. The summed E-state index contributed by atoms with van der Waals surface area (Å²) in [6.45, 7) is 3.37. The van der Waals surface area contributed by atoms with Gasteiger partial charge in [0.15, 0.2) is 4.90 Å². The van der Waals surface area contributed by atoms with Crippen LogP contribution in [0.5, 0.6) is 17.2 Å². The van der Waals surface area contributed by atoms with Crippen LogP contribution in [-0.2, 0) is 10.0 Å². The van der Waals surface area contributed by atoms with Gasteiger partial charge in [-0.05, 0) is 6.92 Å². The minimum Gasteiger partial charge on any atom is -0.496 e. The molecule has 0 amide bonds. The van der Waals surface area contributed by atoms with Crippen LogP contribution in [0.15, 0.2) is 17.0 Å². The van der Waals surface area contributed by atoms with Crippen molar-refractivity contribution in [2.24, 2.45) is 0 Å². The van der Waals surface area contributed by atoms with Gasteiger partial charge in [0.1, 0.15) is 17.2 Å². The molecule has 0 saturated carbocycles. The van der Waals surface area contributed by atoms with Crippen LogP contribution < -0.4 is 19.5 Å². The predicted molar refractivity (Wildman–Crippen MR) is 82.3 cm³/mol. The first-order valence-electron chi connectivity index (χ1n) is 6.97. The summed E-state index contributed by atoms with van der Waals surface area (Å²) < 4.78 is 43.1. The van der Waals surface area contributed by atoms with Crippen LogP contribution in [0.1, 0.15) is 6.92 Å². The summed E-state index contributed by atoms with van der Waals surface area (Å²) in [5, 5.41) is 3.22. The van der Waals surface area contributed by atoms with Gasteiger partial charge in [0.25, 0.3) is 10.0 Å². The standard InChI is InChI=1S/C14H22N2O5S/c1-10-9-16(6-5-15-10)22(17,18)14-12(20-3)7-11(19-2)8-13(14)21-4/h7-8,10,15H,5-6,9H2,1-4H3/t10-/m1/s1. The summed E-state index contributed by atoms with van der Waals surface area (Å²) in [6.07, 6.45) is 0. The summed E-state index contributed by atoms with van der Waals surface area (Å²) >= 11 is 0. The lowest BCUT2D eigenvalue weighted by Crippen LogP contribution is -2.51. The molecule has 0 spiro atoms. The Balaban J connectivity index is 2.54. The molecule has 124 valence electrons. The van der Waals surface area contributed by atoms with Gasteiger partial charge >= 0.3 is 0 Å². The van der Waals surface area contributed by atoms with Crippen molar-refractivity contribution in [3.63, 3.8) is 0 Å². The number of hydrogen-bond donors (Lipinski definition) is 1. The maximum Gasteiger partial charge on any atom is 0.250 e. The SMILES string of the molecule is COc1cc(OC)c(S(=O)(=O)N2CCN[C@H](C)C2)c(OC)c1. The molecule has 2 rings (SSSR count). The number of hydrogen-bond acceptors (Lipinski definition) is 6. The zero-order chi connectivity index (χ0) is 16.3. The van der Waals surface area contributed by atoms with E-state index in [1.807, 2.05) is 6.92 Å². The third-order valence-electron chi connectivity index (χ3n) is 3.60. The van der Waals surface area contributed by atoms with Gasteiger partial charge < -0.3 is 19.5 Å². The van der Waals surface area contributed by atoms with E-state index in [1.54, 1.807) is 12.1 Å². The van der Waals surface area contributed by atoms with Crippen LogP contribution in [0.2, 0.25) is 0 Å². The largest absolute Gasteiger partial charge is 0.496 e. The van der Waals surface area contributed by atoms with Gasteiger partial charge in [-0.25, -0.2) is 8.42 Å². The summed E-state index contributed by atoms with van der Waals surface area (Å²) in [6, 6.07) is 3.18. The summed E-state index contributed by atoms with van der Waals surface area (Å²) in [7, 11) is 0.631. The van der Waals surface area contributed by atoms with Gasteiger partial charge in [0.05, 0.1) is 21.3 Å². The van der Waals surface area contributed by atoms with E-state index in [0.717, 1.165) is 0 Å². The molecule has 0 radical (unpaired) electrons. The minimum atomic E-state index is -3.72. The van der Waals surface area contributed by atoms with E-state index in [1.165, 1.54) is 25.6 Å². The van der Waals surface area contributed by atoms with Gasteiger partial charge in [0, 0.05) is 37.8 Å². The van der Waals surface area contributed by atoms with Crippen molar-refractivity contribution in [2.45, 2.75) is 17.9 Å². The first-order chi connectivity index (χ1) is 10.4. The lowest BCUT2D eigenvalue weighted by molar-refractivity contribution is 0.305. The van der Waals surface area contributed by atoms with E-state index in [-0.39, 0.29) is 22.4 Å². The second kappa shape index (κ2) is 6.72. The Morgan fingerprint density at radius 2 is 1.73 bits per heavy atom. The topological polar surface area (TPSA) is 77.1 Å². The van der Waals surface area contributed by atoms with Crippen molar-refractivity contribution in [1.82, 2.24) is 9.62 Å². The molecule has 0 unspecified atom stereocenters. The number of ether oxygens (including phenoxy) is 3. The van der Waals surface area contributed by atoms with Crippen LogP contribution in [0.4, 0.5) is 0 Å². The monoisotopic (exact) mass is 330 g/mol. The molecule has 1 fully saturated rings. The van der Waals surface area contributed by atoms with Crippen LogP contribution in [0, 0.1) is 0 Å². The maximum absolute atomic E-state index is 13.0. The molecule has 1 heterocycles. The van der Waals surface area contributed by atoms with Gasteiger partial charge in [-0.3, -0.25) is 0 Å². The number of methoxy groups -OCH3 is 3. The molecule has 7 nitrogen and oxygen atoms in total. The van der Waals surface area contributed by atoms with Crippen LogP contribution in [0.3, 0.4) is 0 Å². The highest BCUT2D eigenvalue weighted by Gasteiger charge is 2.34. The quantitative estimate of drug-likeness (QED) is 0.856. The molecule has 1 aliphatic rings. The zero-order valence-electron chi connectivity index (χ0n) is 13.3. The number of benzene rings is 1. The van der Waals surface area contributed by atoms with E-state index in [9.17, 15) is 8.42 Å². The lowest BCUT2D eigenvalue weighted by atomic mass is 10.3. The summed E-state index contributed by atoms with van der Waals surface area (Å²) in [5.41, 5.74) is 0. The van der Waals surface area contributed by atoms with Crippen molar-refractivity contribution >= 4 is 10.0 Å². The van der Waals surface area contributed by atoms with Gasteiger partial charge in [-0.15, -0.1) is 0 Å². The molecule has 1 aromatic rings. The molecule has 0 aromatic heterocycles. The van der Waals surface area contributed by atoms with E-state index in [0.29, 0.717) is 25.4 Å². The highest BCUT2D eigenvalue weighted by atomic mass is 32.2. The molecular formula is C14H22N2O5S. The molecule has 1 aliphatic heterocycles. The Morgan fingerprint density at radius 1 is 1.14 bits per heavy atom. The lowest BCUT2D eigenvalue weighted by Gasteiger charge is -2.31. The van der Waals surface area contributed by atoms with Crippen LogP contribution >= 0.6 is 0 Å². The number of nitrogens with zero attached hydrogens (tertiary/aromatic N) is 1. The Morgan fingerprint density at radius 3 is 2.18 bits per heavy atom. The Hall–Kier alpha value is -1.51. The van der Waals surface area contributed by atoms with Crippen LogP contribution in [0.25, 0.3) is 0 Å². The molecule has 8 heteroatoms. The molecule has 22 heavy (non-hydrogen) atoms. The molecular weight excluding hydrogens is 308 g/mol. The first kappa shape index (κ1) is 16.9.